The number of hydrogen-bond acceptors (Lipinski definition) is 8. The van der Waals surface area contributed by atoms with E-state index in [4.69, 9.17) is 0 Å². The summed E-state index contributed by atoms with van der Waals surface area (Å²) in [6.45, 7) is 3.44. The predicted octanol–water partition coefficient (Wildman–Crippen LogP) is 2.34. The Morgan fingerprint density at radius 1 is 1.04 bits per heavy atom. The molecule has 28 heavy (non-hydrogen) atoms. The minimum absolute atomic E-state index is 0.0288. The standard InChI is InChI=1S/C19H29N7O2/c1-24-2-4-25(5-3-24)23-18-16(26(27)28)17(20-12-21-18)22-19-9-13-6-14(10-19)8-15(7-13)11-19/h12-15H,2-11H2,1H3,(H2,20,21,22,23). The van der Waals surface area contributed by atoms with Crippen LogP contribution in [-0.4, -0.2) is 63.6 Å². The molecule has 4 bridgehead atoms. The van der Waals surface area contributed by atoms with Crippen molar-refractivity contribution in [2.75, 3.05) is 44.0 Å². The van der Waals surface area contributed by atoms with Gasteiger partial charge in [0.05, 0.1) is 4.92 Å². The highest BCUT2D eigenvalue weighted by Gasteiger charge is 2.51. The molecule has 9 nitrogen and oxygen atoms in total. The summed E-state index contributed by atoms with van der Waals surface area (Å²) in [7, 11) is 2.08. The van der Waals surface area contributed by atoms with Crippen LogP contribution in [0, 0.1) is 27.9 Å². The van der Waals surface area contributed by atoms with Gasteiger partial charge in [0.1, 0.15) is 6.33 Å². The van der Waals surface area contributed by atoms with Crippen LogP contribution < -0.4 is 10.7 Å². The average molecular weight is 387 g/mol. The Balaban J connectivity index is 1.39. The highest BCUT2D eigenvalue weighted by atomic mass is 16.6. The van der Waals surface area contributed by atoms with Gasteiger partial charge in [-0.15, -0.1) is 0 Å². The molecule has 4 saturated carbocycles. The van der Waals surface area contributed by atoms with Gasteiger partial charge in [-0.1, -0.05) is 0 Å². The monoisotopic (exact) mass is 387 g/mol. The first-order valence-electron chi connectivity index (χ1n) is 10.5. The van der Waals surface area contributed by atoms with Crippen LogP contribution in [0.5, 0.6) is 0 Å². The molecule has 1 aromatic heterocycles. The average Bonchev–Trinajstić information content (AvgIpc) is 2.62. The van der Waals surface area contributed by atoms with E-state index in [0.717, 1.165) is 63.2 Å². The number of likely N-dealkylation sites (N-methyl/N-ethyl adjacent to an activating group) is 1. The molecule has 0 radical (unpaired) electrons. The highest BCUT2D eigenvalue weighted by Crippen LogP contribution is 2.57. The summed E-state index contributed by atoms with van der Waals surface area (Å²) >= 11 is 0. The second-order valence-corrected chi connectivity index (χ2v) is 9.40. The first kappa shape index (κ1) is 18.1. The number of nitrogens with one attached hydrogen (secondary N) is 2. The number of hydrazine groups is 1. The summed E-state index contributed by atoms with van der Waals surface area (Å²) in [6.07, 6.45) is 8.79. The van der Waals surface area contributed by atoms with Crippen molar-refractivity contribution < 1.29 is 4.92 Å². The third kappa shape index (κ3) is 3.30. The molecule has 152 valence electrons. The summed E-state index contributed by atoms with van der Waals surface area (Å²) in [5, 5.41) is 17.5. The van der Waals surface area contributed by atoms with Gasteiger partial charge in [-0.05, 0) is 63.3 Å². The molecular formula is C19H29N7O2. The van der Waals surface area contributed by atoms with Crippen molar-refractivity contribution >= 4 is 17.3 Å². The van der Waals surface area contributed by atoms with E-state index in [0.29, 0.717) is 5.82 Å². The number of piperazine rings is 1. The van der Waals surface area contributed by atoms with Crippen LogP contribution in [0.15, 0.2) is 6.33 Å². The minimum Gasteiger partial charge on any atom is -0.359 e. The number of hydrogen-bond donors (Lipinski definition) is 2. The maximum atomic E-state index is 11.9. The number of anilines is 2. The Kier molecular flexibility index (Phi) is 4.39. The van der Waals surface area contributed by atoms with Crippen molar-refractivity contribution in [1.29, 1.82) is 0 Å². The Hall–Kier alpha value is -2.00. The van der Waals surface area contributed by atoms with Crippen LogP contribution in [0.2, 0.25) is 0 Å². The lowest BCUT2D eigenvalue weighted by molar-refractivity contribution is -0.383. The van der Waals surface area contributed by atoms with Gasteiger partial charge in [0.15, 0.2) is 0 Å². The summed E-state index contributed by atoms with van der Waals surface area (Å²) in [5.41, 5.74) is 3.11. The van der Waals surface area contributed by atoms with Gasteiger partial charge in [0, 0.05) is 31.7 Å². The zero-order chi connectivity index (χ0) is 19.3. The second-order valence-electron chi connectivity index (χ2n) is 9.40. The molecule has 4 aliphatic carbocycles. The molecule has 1 aromatic rings. The molecule has 1 aliphatic heterocycles. The maximum absolute atomic E-state index is 11.9. The molecule has 0 aromatic carbocycles. The fourth-order valence-electron chi connectivity index (χ4n) is 6.31. The molecule has 9 heteroatoms. The normalized spacial score (nSPS) is 35.1. The summed E-state index contributed by atoms with van der Waals surface area (Å²) in [6, 6.07) is 0. The van der Waals surface area contributed by atoms with E-state index in [1.165, 1.54) is 25.6 Å². The molecule has 0 spiro atoms. The molecular weight excluding hydrogens is 358 g/mol. The lowest BCUT2D eigenvalue weighted by Crippen LogP contribution is -2.55. The van der Waals surface area contributed by atoms with Crippen molar-refractivity contribution in [2.45, 2.75) is 44.1 Å². The number of nitrogens with zero attached hydrogens (tertiary/aromatic N) is 5. The van der Waals surface area contributed by atoms with Crippen LogP contribution >= 0.6 is 0 Å². The van der Waals surface area contributed by atoms with Gasteiger partial charge in [-0.25, -0.2) is 15.0 Å². The maximum Gasteiger partial charge on any atom is 0.354 e. The summed E-state index contributed by atoms with van der Waals surface area (Å²) in [5.74, 6) is 2.96. The zero-order valence-electron chi connectivity index (χ0n) is 16.4. The lowest BCUT2D eigenvalue weighted by Gasteiger charge is -2.57. The molecule has 5 aliphatic rings. The van der Waals surface area contributed by atoms with E-state index in [1.807, 2.05) is 5.01 Å². The second kappa shape index (κ2) is 6.81. The first-order valence-corrected chi connectivity index (χ1v) is 10.5. The largest absolute Gasteiger partial charge is 0.359 e. The highest BCUT2D eigenvalue weighted by molar-refractivity contribution is 5.69. The van der Waals surface area contributed by atoms with Crippen molar-refractivity contribution in [3.63, 3.8) is 0 Å². The Labute approximate surface area is 165 Å². The SMILES string of the molecule is CN1CCN(Nc2ncnc(NC34CC5CC(CC(C5)C3)C4)c2[N+](=O)[O-])CC1. The number of nitro groups is 1. The topological polar surface area (TPSA) is 99.5 Å². The van der Waals surface area contributed by atoms with Gasteiger partial charge in [0.2, 0.25) is 11.6 Å². The molecule has 1 saturated heterocycles. The van der Waals surface area contributed by atoms with Gasteiger partial charge >= 0.3 is 5.69 Å². The van der Waals surface area contributed by atoms with Crippen LogP contribution in [0.25, 0.3) is 0 Å². The van der Waals surface area contributed by atoms with Crippen molar-refractivity contribution in [1.82, 2.24) is 19.9 Å². The van der Waals surface area contributed by atoms with Gasteiger partial charge < -0.3 is 10.2 Å². The quantitative estimate of drug-likeness (QED) is 0.587. The first-order chi connectivity index (χ1) is 13.5. The Morgan fingerprint density at radius 2 is 1.61 bits per heavy atom. The van der Waals surface area contributed by atoms with Gasteiger partial charge in [-0.2, -0.15) is 0 Å². The summed E-state index contributed by atoms with van der Waals surface area (Å²) in [4.78, 5) is 22.4. The van der Waals surface area contributed by atoms with E-state index in [1.54, 1.807) is 0 Å². The van der Waals surface area contributed by atoms with E-state index >= 15 is 0 Å². The lowest BCUT2D eigenvalue weighted by atomic mass is 9.53. The van der Waals surface area contributed by atoms with Crippen LogP contribution in [-0.2, 0) is 0 Å². The van der Waals surface area contributed by atoms with E-state index in [9.17, 15) is 10.1 Å². The molecule has 5 fully saturated rings. The molecule has 0 atom stereocenters. The number of aromatic nitrogens is 2. The molecule has 6 rings (SSSR count). The van der Waals surface area contributed by atoms with Crippen molar-refractivity contribution in [2.24, 2.45) is 17.8 Å². The minimum atomic E-state index is -0.346. The Bertz CT molecular complexity index is 727. The van der Waals surface area contributed by atoms with Crippen molar-refractivity contribution in [3.8, 4) is 0 Å². The Morgan fingerprint density at radius 3 is 2.18 bits per heavy atom. The van der Waals surface area contributed by atoms with Gasteiger partial charge in [0.25, 0.3) is 0 Å². The molecule has 0 unspecified atom stereocenters. The molecule has 2 heterocycles. The van der Waals surface area contributed by atoms with E-state index in [2.05, 4.69) is 32.7 Å². The third-order valence-corrected chi connectivity index (χ3v) is 7.19. The fraction of sp³-hybridized carbons (Fsp3) is 0.789. The van der Waals surface area contributed by atoms with E-state index in [-0.39, 0.29) is 22.0 Å². The van der Waals surface area contributed by atoms with Gasteiger partial charge in [-0.3, -0.25) is 15.5 Å². The summed E-state index contributed by atoms with van der Waals surface area (Å²) < 4.78 is 0. The zero-order valence-corrected chi connectivity index (χ0v) is 16.4. The third-order valence-electron chi connectivity index (χ3n) is 7.19. The molecule has 0 amide bonds. The van der Waals surface area contributed by atoms with Crippen LogP contribution in [0.4, 0.5) is 17.3 Å². The fourth-order valence-corrected chi connectivity index (χ4v) is 6.31. The smallest absolute Gasteiger partial charge is 0.354 e. The van der Waals surface area contributed by atoms with Crippen molar-refractivity contribution in [3.05, 3.63) is 16.4 Å². The van der Waals surface area contributed by atoms with E-state index < -0.39 is 0 Å². The van der Waals surface area contributed by atoms with Crippen LogP contribution in [0.1, 0.15) is 38.5 Å². The molecule has 2 N–H and O–H groups in total. The number of rotatable bonds is 5. The predicted molar refractivity (Wildman–Crippen MR) is 106 cm³/mol. The van der Waals surface area contributed by atoms with Crippen LogP contribution in [0.3, 0.4) is 0 Å².